The lowest BCUT2D eigenvalue weighted by Crippen LogP contribution is -2.19. The van der Waals surface area contributed by atoms with Crippen molar-refractivity contribution in [2.45, 2.75) is 12.5 Å². The van der Waals surface area contributed by atoms with Crippen LogP contribution in [0.4, 0.5) is 0 Å². The molecule has 0 saturated carbocycles. The van der Waals surface area contributed by atoms with Crippen LogP contribution in [0, 0.1) is 0 Å². The molecule has 0 aliphatic heterocycles. The maximum Gasteiger partial charge on any atom is 0.217 e. The molecule has 4 nitrogen and oxygen atoms in total. The number of pyridine rings is 1. The molecule has 90 valence electrons. The third-order valence-electron chi connectivity index (χ3n) is 2.74. The minimum Gasteiger partial charge on any atom is -0.481 e. The number of nitrogens with zero attached hydrogens (tertiary/aromatic N) is 1. The van der Waals surface area contributed by atoms with Crippen LogP contribution in [0.2, 0.25) is 0 Å². The Hall–Kier alpha value is -1.81. The molecule has 0 aromatic carbocycles. The van der Waals surface area contributed by atoms with Gasteiger partial charge in [-0.1, -0.05) is 6.07 Å². The second kappa shape index (κ2) is 5.50. The molecule has 2 rings (SSSR count). The highest BCUT2D eigenvalue weighted by atomic mass is 16.5. The van der Waals surface area contributed by atoms with E-state index in [0.717, 1.165) is 17.5 Å². The lowest BCUT2D eigenvalue weighted by molar-refractivity contribution is 0.384. The first-order valence-electron chi connectivity index (χ1n) is 5.52. The van der Waals surface area contributed by atoms with Crippen molar-refractivity contribution >= 4 is 0 Å². The maximum absolute atomic E-state index is 5.27. The Morgan fingerprint density at radius 3 is 3.00 bits per heavy atom. The van der Waals surface area contributed by atoms with Gasteiger partial charge in [0.1, 0.15) is 0 Å². The van der Waals surface area contributed by atoms with Crippen LogP contribution in [0.3, 0.4) is 0 Å². The predicted molar refractivity (Wildman–Crippen MR) is 65.0 cm³/mol. The van der Waals surface area contributed by atoms with Crippen LogP contribution >= 0.6 is 0 Å². The zero-order valence-electron chi connectivity index (χ0n) is 10.0. The molecule has 1 N–H and O–H groups in total. The molecular formula is C13H16N2O2. The zero-order chi connectivity index (χ0) is 12.1. The van der Waals surface area contributed by atoms with Crippen molar-refractivity contribution in [2.75, 3.05) is 14.2 Å². The van der Waals surface area contributed by atoms with Gasteiger partial charge in [-0.15, -0.1) is 0 Å². The van der Waals surface area contributed by atoms with Gasteiger partial charge in [0, 0.05) is 17.8 Å². The SMILES string of the molecule is CNC(Cc1ccoc1)c1cccnc1OC. The first-order chi connectivity index (χ1) is 8.35. The van der Waals surface area contributed by atoms with Crippen molar-refractivity contribution in [3.63, 3.8) is 0 Å². The number of hydrogen-bond donors (Lipinski definition) is 1. The molecule has 1 atom stereocenters. The summed E-state index contributed by atoms with van der Waals surface area (Å²) in [6.07, 6.45) is 6.01. The number of rotatable bonds is 5. The van der Waals surface area contributed by atoms with Crippen molar-refractivity contribution in [2.24, 2.45) is 0 Å². The second-order valence-electron chi connectivity index (χ2n) is 3.78. The van der Waals surface area contributed by atoms with Crippen LogP contribution in [-0.2, 0) is 6.42 Å². The van der Waals surface area contributed by atoms with Crippen molar-refractivity contribution in [3.8, 4) is 5.88 Å². The lowest BCUT2D eigenvalue weighted by Gasteiger charge is -2.17. The first kappa shape index (κ1) is 11.7. The van der Waals surface area contributed by atoms with E-state index in [1.807, 2.05) is 25.2 Å². The number of ether oxygens (including phenoxy) is 1. The van der Waals surface area contributed by atoms with E-state index in [4.69, 9.17) is 9.15 Å². The third-order valence-corrected chi connectivity index (χ3v) is 2.74. The maximum atomic E-state index is 5.27. The highest BCUT2D eigenvalue weighted by molar-refractivity contribution is 5.30. The minimum atomic E-state index is 0.163. The van der Waals surface area contributed by atoms with E-state index in [0.29, 0.717) is 5.88 Å². The van der Waals surface area contributed by atoms with Crippen molar-refractivity contribution in [1.82, 2.24) is 10.3 Å². The Morgan fingerprint density at radius 2 is 2.35 bits per heavy atom. The highest BCUT2D eigenvalue weighted by Gasteiger charge is 2.15. The van der Waals surface area contributed by atoms with Gasteiger partial charge in [-0.05, 0) is 31.2 Å². The Bertz CT molecular complexity index is 454. The standard InChI is InChI=1S/C13H16N2O2/c1-14-12(8-10-5-7-17-9-10)11-4-3-6-15-13(11)16-2/h3-7,9,12,14H,8H2,1-2H3. The van der Waals surface area contributed by atoms with Gasteiger partial charge in [0.15, 0.2) is 0 Å². The van der Waals surface area contributed by atoms with Crippen molar-refractivity contribution in [1.29, 1.82) is 0 Å². The van der Waals surface area contributed by atoms with Gasteiger partial charge in [0.05, 0.1) is 19.6 Å². The van der Waals surface area contributed by atoms with E-state index < -0.39 is 0 Å². The lowest BCUT2D eigenvalue weighted by atomic mass is 10.0. The van der Waals surface area contributed by atoms with E-state index in [-0.39, 0.29) is 6.04 Å². The first-order valence-corrected chi connectivity index (χ1v) is 5.52. The van der Waals surface area contributed by atoms with E-state index in [9.17, 15) is 0 Å². The Balaban J connectivity index is 2.22. The molecule has 2 aromatic heterocycles. The molecule has 0 radical (unpaired) electrons. The molecule has 17 heavy (non-hydrogen) atoms. The van der Waals surface area contributed by atoms with Gasteiger partial charge >= 0.3 is 0 Å². The fourth-order valence-corrected chi connectivity index (χ4v) is 1.85. The predicted octanol–water partition coefficient (Wildman–Crippen LogP) is 2.19. The second-order valence-corrected chi connectivity index (χ2v) is 3.78. The van der Waals surface area contributed by atoms with Gasteiger partial charge in [-0.3, -0.25) is 0 Å². The molecule has 4 heteroatoms. The molecule has 1 unspecified atom stereocenters. The molecule has 2 heterocycles. The quantitative estimate of drug-likeness (QED) is 0.858. The summed E-state index contributed by atoms with van der Waals surface area (Å²) < 4.78 is 10.4. The largest absolute Gasteiger partial charge is 0.481 e. The van der Waals surface area contributed by atoms with Crippen LogP contribution in [0.1, 0.15) is 17.2 Å². The Kier molecular flexibility index (Phi) is 3.77. The smallest absolute Gasteiger partial charge is 0.217 e. The van der Waals surface area contributed by atoms with E-state index in [1.165, 1.54) is 0 Å². The summed E-state index contributed by atoms with van der Waals surface area (Å²) >= 11 is 0. The third kappa shape index (κ3) is 2.65. The van der Waals surface area contributed by atoms with Gasteiger partial charge in [-0.25, -0.2) is 4.98 Å². The number of likely N-dealkylation sites (N-methyl/N-ethyl adjacent to an activating group) is 1. The highest BCUT2D eigenvalue weighted by Crippen LogP contribution is 2.25. The normalized spacial score (nSPS) is 12.4. The van der Waals surface area contributed by atoms with Crippen LogP contribution < -0.4 is 10.1 Å². The molecule has 0 aliphatic carbocycles. The average Bonchev–Trinajstić information content (AvgIpc) is 2.89. The molecule has 0 saturated heterocycles. The summed E-state index contributed by atoms with van der Waals surface area (Å²) in [7, 11) is 3.56. The summed E-state index contributed by atoms with van der Waals surface area (Å²) in [4.78, 5) is 4.21. The van der Waals surface area contributed by atoms with Gasteiger partial charge in [0.25, 0.3) is 0 Å². The van der Waals surface area contributed by atoms with Gasteiger partial charge in [0.2, 0.25) is 5.88 Å². The van der Waals surface area contributed by atoms with E-state index >= 15 is 0 Å². The summed E-state index contributed by atoms with van der Waals surface area (Å²) in [5, 5.41) is 3.27. The van der Waals surface area contributed by atoms with Crippen LogP contribution in [0.5, 0.6) is 5.88 Å². The molecule has 0 fully saturated rings. The minimum absolute atomic E-state index is 0.163. The Morgan fingerprint density at radius 1 is 1.47 bits per heavy atom. The summed E-state index contributed by atoms with van der Waals surface area (Å²) in [5.41, 5.74) is 2.20. The number of methoxy groups -OCH3 is 1. The van der Waals surface area contributed by atoms with Gasteiger partial charge < -0.3 is 14.5 Å². The monoisotopic (exact) mass is 232 g/mol. The number of furan rings is 1. The van der Waals surface area contributed by atoms with E-state index in [1.54, 1.807) is 25.8 Å². The van der Waals surface area contributed by atoms with Crippen LogP contribution in [0.25, 0.3) is 0 Å². The van der Waals surface area contributed by atoms with Gasteiger partial charge in [-0.2, -0.15) is 0 Å². The molecule has 2 aromatic rings. The molecular weight excluding hydrogens is 216 g/mol. The number of nitrogens with one attached hydrogen (secondary N) is 1. The van der Waals surface area contributed by atoms with E-state index in [2.05, 4.69) is 10.3 Å². The van der Waals surface area contributed by atoms with Crippen LogP contribution in [0.15, 0.2) is 41.3 Å². The van der Waals surface area contributed by atoms with Crippen molar-refractivity contribution in [3.05, 3.63) is 48.0 Å². The summed E-state index contributed by atoms with van der Waals surface area (Å²) in [5.74, 6) is 0.662. The molecule has 0 bridgehead atoms. The number of hydrogen-bond acceptors (Lipinski definition) is 4. The number of aromatic nitrogens is 1. The molecule has 0 spiro atoms. The topological polar surface area (TPSA) is 47.3 Å². The van der Waals surface area contributed by atoms with Crippen molar-refractivity contribution < 1.29 is 9.15 Å². The summed E-state index contributed by atoms with van der Waals surface area (Å²) in [6, 6.07) is 6.06. The Labute approximate surface area is 101 Å². The fourth-order valence-electron chi connectivity index (χ4n) is 1.85. The summed E-state index contributed by atoms with van der Waals surface area (Å²) in [6.45, 7) is 0. The average molecular weight is 232 g/mol. The molecule has 0 amide bonds. The fraction of sp³-hybridized carbons (Fsp3) is 0.308. The zero-order valence-corrected chi connectivity index (χ0v) is 10.0. The molecule has 0 aliphatic rings. The van der Waals surface area contributed by atoms with Crippen LogP contribution in [-0.4, -0.2) is 19.1 Å².